The Morgan fingerprint density at radius 2 is 1.85 bits per heavy atom. The lowest BCUT2D eigenvalue weighted by Gasteiger charge is -2.57. The largest absolute Gasteiger partial charge is 0.497 e. The van der Waals surface area contributed by atoms with Crippen LogP contribution in [0.4, 0.5) is 0 Å². The summed E-state index contributed by atoms with van der Waals surface area (Å²) in [6.07, 6.45) is 3.90. The van der Waals surface area contributed by atoms with Crippen LogP contribution in [0.5, 0.6) is 5.75 Å². The van der Waals surface area contributed by atoms with E-state index in [2.05, 4.69) is 20.8 Å². The third-order valence-electron chi connectivity index (χ3n) is 7.25. The SMILES string of the molecule is COc1cc(C)cc(C(=O)[C@H]2C(C)C(=O)C[C@H]3C(C)(C)CCC[C@]23C)c1. The summed E-state index contributed by atoms with van der Waals surface area (Å²) in [4.78, 5) is 26.5. The lowest BCUT2D eigenvalue weighted by atomic mass is 9.45. The fourth-order valence-corrected chi connectivity index (χ4v) is 5.91. The summed E-state index contributed by atoms with van der Waals surface area (Å²) in [6.45, 7) is 10.7. The van der Waals surface area contributed by atoms with Gasteiger partial charge in [-0.3, -0.25) is 9.59 Å². The third-order valence-corrected chi connectivity index (χ3v) is 7.25. The molecule has 3 rings (SSSR count). The van der Waals surface area contributed by atoms with Crippen LogP contribution in [0, 0.1) is 35.5 Å². The van der Waals surface area contributed by atoms with Gasteiger partial charge in [0.25, 0.3) is 0 Å². The van der Waals surface area contributed by atoms with E-state index in [1.165, 1.54) is 0 Å². The minimum Gasteiger partial charge on any atom is -0.497 e. The predicted molar refractivity (Wildman–Crippen MR) is 104 cm³/mol. The van der Waals surface area contributed by atoms with E-state index < -0.39 is 0 Å². The second-order valence-corrected chi connectivity index (χ2v) is 9.44. The Morgan fingerprint density at radius 3 is 2.50 bits per heavy atom. The van der Waals surface area contributed by atoms with Crippen molar-refractivity contribution in [1.29, 1.82) is 0 Å². The maximum Gasteiger partial charge on any atom is 0.167 e. The van der Waals surface area contributed by atoms with Crippen molar-refractivity contribution in [2.45, 2.75) is 60.3 Å². The zero-order chi connectivity index (χ0) is 19.3. The number of methoxy groups -OCH3 is 1. The minimum absolute atomic E-state index is 0.103. The van der Waals surface area contributed by atoms with E-state index >= 15 is 0 Å². The molecule has 0 radical (unpaired) electrons. The van der Waals surface area contributed by atoms with Crippen LogP contribution in [-0.2, 0) is 4.79 Å². The number of fused-ring (bicyclic) bond motifs is 1. The van der Waals surface area contributed by atoms with Crippen LogP contribution >= 0.6 is 0 Å². The number of rotatable bonds is 3. The second kappa shape index (κ2) is 6.51. The van der Waals surface area contributed by atoms with Crippen LogP contribution in [-0.4, -0.2) is 18.7 Å². The van der Waals surface area contributed by atoms with Crippen molar-refractivity contribution < 1.29 is 14.3 Å². The Hall–Kier alpha value is -1.64. The fraction of sp³-hybridized carbons (Fsp3) is 0.652. The summed E-state index contributed by atoms with van der Waals surface area (Å²) in [6, 6.07) is 5.69. The summed E-state index contributed by atoms with van der Waals surface area (Å²) in [5.74, 6) is 0.865. The predicted octanol–water partition coefficient (Wildman–Crippen LogP) is 5.24. The van der Waals surface area contributed by atoms with Crippen molar-refractivity contribution in [2.75, 3.05) is 7.11 Å². The van der Waals surface area contributed by atoms with Gasteiger partial charge in [-0.15, -0.1) is 0 Å². The van der Waals surface area contributed by atoms with E-state index in [4.69, 9.17) is 4.74 Å². The van der Waals surface area contributed by atoms with Gasteiger partial charge in [-0.25, -0.2) is 0 Å². The number of hydrogen-bond donors (Lipinski definition) is 0. The molecule has 0 aliphatic heterocycles. The lowest BCUT2D eigenvalue weighted by Crippen LogP contribution is -2.56. The number of carbonyl (C=O) groups excluding carboxylic acids is 2. The molecular weight excluding hydrogens is 324 g/mol. The van der Waals surface area contributed by atoms with Crippen molar-refractivity contribution in [2.24, 2.45) is 28.6 Å². The highest BCUT2D eigenvalue weighted by Gasteiger charge is 2.58. The fourth-order valence-electron chi connectivity index (χ4n) is 5.91. The summed E-state index contributed by atoms with van der Waals surface area (Å²) in [5, 5.41) is 0. The third kappa shape index (κ3) is 3.00. The van der Waals surface area contributed by atoms with E-state index in [0.29, 0.717) is 17.7 Å². The summed E-state index contributed by atoms with van der Waals surface area (Å²) in [7, 11) is 1.62. The van der Waals surface area contributed by atoms with Crippen LogP contribution in [0.25, 0.3) is 0 Å². The molecule has 2 aliphatic rings. The molecule has 1 aromatic carbocycles. The maximum absolute atomic E-state index is 13.6. The molecule has 0 amide bonds. The molecule has 1 aromatic rings. The van der Waals surface area contributed by atoms with Gasteiger partial charge in [-0.1, -0.05) is 34.1 Å². The average molecular weight is 357 g/mol. The first-order chi connectivity index (χ1) is 12.1. The van der Waals surface area contributed by atoms with Crippen LogP contribution in [0.2, 0.25) is 0 Å². The normalized spacial score (nSPS) is 33.5. The van der Waals surface area contributed by atoms with Gasteiger partial charge in [0.05, 0.1) is 7.11 Å². The molecule has 0 bridgehead atoms. The molecule has 0 spiro atoms. The molecule has 4 atom stereocenters. The number of ether oxygens (including phenoxy) is 1. The molecule has 3 heteroatoms. The minimum atomic E-state index is -0.250. The topological polar surface area (TPSA) is 43.4 Å². The number of Topliss-reactive ketones (excluding diaryl/α,β-unsaturated/α-hetero) is 2. The summed E-state index contributed by atoms with van der Waals surface area (Å²) >= 11 is 0. The monoisotopic (exact) mass is 356 g/mol. The number of hydrogen-bond acceptors (Lipinski definition) is 3. The van der Waals surface area contributed by atoms with E-state index in [-0.39, 0.29) is 40.2 Å². The van der Waals surface area contributed by atoms with Gasteiger partial charge >= 0.3 is 0 Å². The zero-order valence-corrected chi connectivity index (χ0v) is 17.0. The van der Waals surface area contributed by atoms with E-state index in [1.54, 1.807) is 7.11 Å². The van der Waals surface area contributed by atoms with Crippen LogP contribution in [0.15, 0.2) is 18.2 Å². The van der Waals surface area contributed by atoms with E-state index in [9.17, 15) is 9.59 Å². The molecule has 2 fully saturated rings. The highest BCUT2D eigenvalue weighted by atomic mass is 16.5. The van der Waals surface area contributed by atoms with Crippen molar-refractivity contribution in [3.05, 3.63) is 29.3 Å². The zero-order valence-electron chi connectivity index (χ0n) is 17.0. The molecule has 2 aliphatic carbocycles. The molecule has 3 nitrogen and oxygen atoms in total. The second-order valence-electron chi connectivity index (χ2n) is 9.44. The standard InChI is InChI=1S/C23H32O3/c1-14-10-16(12-17(11-14)26-6)21(25)20-15(2)18(24)13-19-22(3,4)8-7-9-23(19,20)5/h10-12,15,19-20H,7-9,13H2,1-6H3/t15?,19-,20+,23-/m0/s1. The highest BCUT2D eigenvalue weighted by Crippen LogP contribution is 2.60. The van der Waals surface area contributed by atoms with Gasteiger partial charge in [-0.2, -0.15) is 0 Å². The lowest BCUT2D eigenvalue weighted by molar-refractivity contribution is -0.143. The quantitative estimate of drug-likeness (QED) is 0.695. The molecular formula is C23H32O3. The first kappa shape index (κ1) is 19.1. The number of ketones is 2. The molecule has 2 saturated carbocycles. The maximum atomic E-state index is 13.6. The smallest absolute Gasteiger partial charge is 0.167 e. The Morgan fingerprint density at radius 1 is 1.15 bits per heavy atom. The Balaban J connectivity index is 2.07. The first-order valence-corrected chi connectivity index (χ1v) is 9.83. The van der Waals surface area contributed by atoms with Crippen molar-refractivity contribution in [1.82, 2.24) is 0 Å². The highest BCUT2D eigenvalue weighted by molar-refractivity contribution is 6.02. The Kier molecular flexibility index (Phi) is 4.79. The van der Waals surface area contributed by atoms with Gasteiger partial charge in [0.15, 0.2) is 5.78 Å². The van der Waals surface area contributed by atoms with Gasteiger partial charge in [-0.05, 0) is 60.3 Å². The number of benzene rings is 1. The first-order valence-electron chi connectivity index (χ1n) is 9.83. The summed E-state index contributed by atoms with van der Waals surface area (Å²) in [5.41, 5.74) is 1.67. The van der Waals surface area contributed by atoms with Crippen LogP contribution < -0.4 is 4.74 Å². The average Bonchev–Trinajstić information content (AvgIpc) is 2.56. The van der Waals surface area contributed by atoms with E-state index in [0.717, 1.165) is 24.8 Å². The van der Waals surface area contributed by atoms with Gasteiger partial charge in [0.2, 0.25) is 0 Å². The molecule has 0 N–H and O–H groups in total. The Labute approximate surface area is 157 Å². The van der Waals surface area contributed by atoms with Gasteiger partial charge in [0, 0.05) is 23.8 Å². The van der Waals surface area contributed by atoms with Crippen LogP contribution in [0.3, 0.4) is 0 Å². The molecule has 142 valence electrons. The molecule has 0 heterocycles. The number of aryl methyl sites for hydroxylation is 1. The number of carbonyl (C=O) groups is 2. The van der Waals surface area contributed by atoms with Gasteiger partial charge in [0.1, 0.15) is 11.5 Å². The van der Waals surface area contributed by atoms with Crippen molar-refractivity contribution in [3.63, 3.8) is 0 Å². The molecule has 26 heavy (non-hydrogen) atoms. The molecule has 1 unspecified atom stereocenters. The van der Waals surface area contributed by atoms with Gasteiger partial charge < -0.3 is 4.74 Å². The van der Waals surface area contributed by atoms with E-state index in [1.807, 2.05) is 32.0 Å². The summed E-state index contributed by atoms with van der Waals surface area (Å²) < 4.78 is 5.37. The van der Waals surface area contributed by atoms with Crippen molar-refractivity contribution in [3.8, 4) is 5.75 Å². The van der Waals surface area contributed by atoms with Crippen LogP contribution in [0.1, 0.15) is 69.3 Å². The Bertz CT molecular complexity index is 733. The molecule has 0 aromatic heterocycles. The molecule has 0 saturated heterocycles. The van der Waals surface area contributed by atoms with Crippen molar-refractivity contribution >= 4 is 11.6 Å².